The number of halogens is 1. The van der Waals surface area contributed by atoms with Crippen LogP contribution in [0, 0.1) is 11.7 Å². The first kappa shape index (κ1) is 11.3. The maximum absolute atomic E-state index is 12.7. The van der Waals surface area contributed by atoms with Crippen LogP contribution in [-0.4, -0.2) is 11.8 Å². The highest BCUT2D eigenvalue weighted by molar-refractivity contribution is 5.83. The molecule has 16 heavy (non-hydrogen) atoms. The van der Waals surface area contributed by atoms with Crippen LogP contribution >= 0.6 is 0 Å². The van der Waals surface area contributed by atoms with Gasteiger partial charge in [0.2, 0.25) is 0 Å². The summed E-state index contributed by atoms with van der Waals surface area (Å²) < 4.78 is 12.7. The fourth-order valence-electron chi connectivity index (χ4n) is 2.26. The van der Waals surface area contributed by atoms with Gasteiger partial charge in [-0.3, -0.25) is 4.79 Å². The molecule has 0 aromatic heterocycles. The summed E-state index contributed by atoms with van der Waals surface area (Å²) in [6.45, 7) is 0. The van der Waals surface area contributed by atoms with Crippen LogP contribution in [0.2, 0.25) is 0 Å². The van der Waals surface area contributed by atoms with E-state index in [1.54, 1.807) is 12.1 Å². The van der Waals surface area contributed by atoms with E-state index in [4.69, 9.17) is 5.73 Å². The van der Waals surface area contributed by atoms with Crippen molar-refractivity contribution >= 4 is 5.78 Å². The molecule has 2 atom stereocenters. The van der Waals surface area contributed by atoms with E-state index >= 15 is 0 Å². The molecule has 1 aromatic carbocycles. The van der Waals surface area contributed by atoms with E-state index < -0.39 is 0 Å². The van der Waals surface area contributed by atoms with Gasteiger partial charge in [-0.1, -0.05) is 12.1 Å². The molecule has 1 aromatic rings. The van der Waals surface area contributed by atoms with Crippen LogP contribution in [-0.2, 0) is 11.2 Å². The van der Waals surface area contributed by atoms with Gasteiger partial charge in [0, 0.05) is 18.4 Å². The third kappa shape index (κ3) is 2.67. The van der Waals surface area contributed by atoms with Gasteiger partial charge in [0.1, 0.15) is 11.6 Å². The second kappa shape index (κ2) is 4.74. The first-order chi connectivity index (χ1) is 7.65. The maximum atomic E-state index is 12.7. The van der Waals surface area contributed by atoms with E-state index in [0.29, 0.717) is 6.42 Å². The average Bonchev–Trinajstić information content (AvgIpc) is 2.68. The zero-order valence-electron chi connectivity index (χ0n) is 9.16. The quantitative estimate of drug-likeness (QED) is 0.849. The first-order valence-electron chi connectivity index (χ1n) is 5.68. The van der Waals surface area contributed by atoms with Crippen molar-refractivity contribution in [1.82, 2.24) is 0 Å². The van der Waals surface area contributed by atoms with Crippen LogP contribution in [0.1, 0.15) is 24.8 Å². The number of hydrogen-bond donors (Lipinski definition) is 1. The van der Waals surface area contributed by atoms with Gasteiger partial charge in [0.05, 0.1) is 0 Å². The highest BCUT2D eigenvalue weighted by atomic mass is 19.1. The van der Waals surface area contributed by atoms with Gasteiger partial charge in [-0.25, -0.2) is 4.39 Å². The molecule has 0 bridgehead atoms. The number of Topliss-reactive ketones (excluding diaryl/α,β-unsaturated/α-hetero) is 1. The number of carbonyl (C=O) groups excluding carboxylic acids is 1. The minimum atomic E-state index is -0.265. The van der Waals surface area contributed by atoms with Crippen molar-refractivity contribution in [1.29, 1.82) is 0 Å². The lowest BCUT2D eigenvalue weighted by Crippen LogP contribution is -2.19. The highest BCUT2D eigenvalue weighted by Crippen LogP contribution is 2.26. The number of carbonyl (C=O) groups is 1. The standard InChI is InChI=1S/C13H16FNO/c14-11-4-1-9(2-5-11)7-13(16)10-3-6-12(15)8-10/h1-2,4-5,10,12H,3,6-8,15H2. The zero-order chi connectivity index (χ0) is 11.5. The van der Waals surface area contributed by atoms with Crippen LogP contribution in [0.3, 0.4) is 0 Å². The third-order valence-electron chi connectivity index (χ3n) is 3.22. The lowest BCUT2D eigenvalue weighted by molar-refractivity contribution is -0.122. The van der Waals surface area contributed by atoms with E-state index in [2.05, 4.69) is 0 Å². The van der Waals surface area contributed by atoms with Gasteiger partial charge in [-0.05, 0) is 37.0 Å². The van der Waals surface area contributed by atoms with Gasteiger partial charge in [-0.2, -0.15) is 0 Å². The molecule has 1 fully saturated rings. The Hall–Kier alpha value is -1.22. The van der Waals surface area contributed by atoms with Crippen LogP contribution in [0.15, 0.2) is 24.3 Å². The number of benzene rings is 1. The Bertz CT molecular complexity index is 374. The third-order valence-corrected chi connectivity index (χ3v) is 3.22. The molecule has 0 aliphatic heterocycles. The number of ketones is 1. The number of hydrogen-bond acceptors (Lipinski definition) is 2. The molecule has 0 amide bonds. The Balaban J connectivity index is 1.94. The predicted octanol–water partition coefficient (Wildman–Crippen LogP) is 2.06. The van der Waals surface area contributed by atoms with Crippen molar-refractivity contribution in [3.8, 4) is 0 Å². The summed E-state index contributed by atoms with van der Waals surface area (Å²) in [6.07, 6.45) is 3.05. The zero-order valence-corrected chi connectivity index (χ0v) is 9.16. The van der Waals surface area contributed by atoms with Crippen molar-refractivity contribution in [2.24, 2.45) is 11.7 Å². The SMILES string of the molecule is NC1CCC(C(=O)Cc2ccc(F)cc2)C1. The smallest absolute Gasteiger partial charge is 0.140 e. The summed E-state index contributed by atoms with van der Waals surface area (Å²) >= 11 is 0. The van der Waals surface area contributed by atoms with Crippen LogP contribution in [0.4, 0.5) is 4.39 Å². The molecule has 2 unspecified atom stereocenters. The van der Waals surface area contributed by atoms with Crippen molar-refractivity contribution in [3.63, 3.8) is 0 Å². The summed E-state index contributed by atoms with van der Waals surface area (Å²) in [5, 5.41) is 0. The Morgan fingerprint density at radius 2 is 2.00 bits per heavy atom. The van der Waals surface area contributed by atoms with E-state index in [1.165, 1.54) is 12.1 Å². The first-order valence-corrected chi connectivity index (χ1v) is 5.68. The molecule has 1 aliphatic rings. The molecular formula is C13H16FNO. The fraction of sp³-hybridized carbons (Fsp3) is 0.462. The van der Waals surface area contributed by atoms with E-state index in [1.807, 2.05) is 0 Å². The van der Waals surface area contributed by atoms with E-state index in [-0.39, 0.29) is 23.6 Å². The molecule has 0 saturated heterocycles. The molecule has 2 rings (SSSR count). The summed E-state index contributed by atoms with van der Waals surface area (Å²) in [6, 6.07) is 6.30. The summed E-state index contributed by atoms with van der Waals surface area (Å²) in [4.78, 5) is 11.9. The van der Waals surface area contributed by atoms with Crippen molar-refractivity contribution in [3.05, 3.63) is 35.6 Å². The normalized spacial score (nSPS) is 24.6. The Morgan fingerprint density at radius 1 is 1.31 bits per heavy atom. The largest absolute Gasteiger partial charge is 0.328 e. The van der Waals surface area contributed by atoms with E-state index in [9.17, 15) is 9.18 Å². The summed E-state index contributed by atoms with van der Waals surface area (Å²) in [5.41, 5.74) is 6.66. The van der Waals surface area contributed by atoms with Crippen LogP contribution < -0.4 is 5.73 Å². The van der Waals surface area contributed by atoms with Gasteiger partial charge in [0.25, 0.3) is 0 Å². The molecule has 2 nitrogen and oxygen atoms in total. The lowest BCUT2D eigenvalue weighted by atomic mass is 9.96. The Morgan fingerprint density at radius 3 is 2.56 bits per heavy atom. The van der Waals surface area contributed by atoms with Crippen LogP contribution in [0.5, 0.6) is 0 Å². The molecule has 86 valence electrons. The molecule has 2 N–H and O–H groups in total. The molecule has 1 aliphatic carbocycles. The Labute approximate surface area is 94.6 Å². The topological polar surface area (TPSA) is 43.1 Å². The predicted molar refractivity (Wildman–Crippen MR) is 60.4 cm³/mol. The summed E-state index contributed by atoms with van der Waals surface area (Å²) in [7, 11) is 0. The highest BCUT2D eigenvalue weighted by Gasteiger charge is 2.27. The fourth-order valence-corrected chi connectivity index (χ4v) is 2.26. The maximum Gasteiger partial charge on any atom is 0.140 e. The lowest BCUT2D eigenvalue weighted by Gasteiger charge is -2.08. The van der Waals surface area contributed by atoms with Gasteiger partial charge >= 0.3 is 0 Å². The van der Waals surface area contributed by atoms with Crippen molar-refractivity contribution < 1.29 is 9.18 Å². The molecule has 0 heterocycles. The second-order valence-corrected chi connectivity index (χ2v) is 4.54. The summed E-state index contributed by atoms with van der Waals surface area (Å²) in [5.74, 6) is 0.0821. The molecule has 0 radical (unpaired) electrons. The van der Waals surface area contributed by atoms with Gasteiger partial charge in [-0.15, -0.1) is 0 Å². The Kier molecular flexibility index (Phi) is 3.34. The molecule has 3 heteroatoms. The minimum absolute atomic E-state index is 0.111. The minimum Gasteiger partial charge on any atom is -0.328 e. The van der Waals surface area contributed by atoms with Crippen LogP contribution in [0.25, 0.3) is 0 Å². The van der Waals surface area contributed by atoms with Gasteiger partial charge < -0.3 is 5.73 Å². The monoisotopic (exact) mass is 221 g/mol. The number of nitrogens with two attached hydrogens (primary N) is 1. The number of rotatable bonds is 3. The molecule has 1 saturated carbocycles. The van der Waals surface area contributed by atoms with Gasteiger partial charge in [0.15, 0.2) is 0 Å². The second-order valence-electron chi connectivity index (χ2n) is 4.54. The average molecular weight is 221 g/mol. The molecule has 0 spiro atoms. The van der Waals surface area contributed by atoms with E-state index in [0.717, 1.165) is 24.8 Å². The van der Waals surface area contributed by atoms with Crippen molar-refractivity contribution in [2.45, 2.75) is 31.7 Å². The van der Waals surface area contributed by atoms with Crippen molar-refractivity contribution in [2.75, 3.05) is 0 Å². The molecular weight excluding hydrogens is 205 g/mol.